The van der Waals surface area contributed by atoms with E-state index in [1.165, 1.54) is 0 Å². The van der Waals surface area contributed by atoms with Gasteiger partial charge in [0.05, 0.1) is 16.9 Å². The summed E-state index contributed by atoms with van der Waals surface area (Å²) in [4.78, 5) is 17.8. The quantitative estimate of drug-likeness (QED) is 0.482. The number of nitrogens with zero attached hydrogens (tertiary/aromatic N) is 2. The SMILES string of the molecule is Cc1cc(C(=O)c2cc(F)c(F)c3c2CN(C2CCCCO2)N3)c(N)c2cccnc12. The molecule has 2 aliphatic heterocycles. The number of aryl methyl sites for hydroxylation is 1. The Bertz CT molecular complexity index is 1210. The molecule has 3 N–H and O–H groups in total. The lowest BCUT2D eigenvalue weighted by Crippen LogP contribution is -2.39. The van der Waals surface area contributed by atoms with E-state index < -0.39 is 17.4 Å². The molecule has 2 aromatic carbocycles. The number of hydrazine groups is 1. The summed E-state index contributed by atoms with van der Waals surface area (Å²) in [5.41, 5.74) is 11.7. The third kappa shape index (κ3) is 3.23. The van der Waals surface area contributed by atoms with Crippen LogP contribution in [0.4, 0.5) is 20.2 Å². The zero-order chi connectivity index (χ0) is 21.7. The van der Waals surface area contributed by atoms with Gasteiger partial charge in [-0.05, 0) is 56.0 Å². The van der Waals surface area contributed by atoms with Gasteiger partial charge in [0.15, 0.2) is 17.4 Å². The molecule has 0 spiro atoms. The number of pyridine rings is 1. The van der Waals surface area contributed by atoms with E-state index in [1.54, 1.807) is 29.4 Å². The Morgan fingerprint density at radius 1 is 1.29 bits per heavy atom. The van der Waals surface area contributed by atoms with Crippen LogP contribution in [0.1, 0.15) is 46.3 Å². The molecule has 8 heteroatoms. The lowest BCUT2D eigenvalue weighted by Gasteiger charge is -2.30. The summed E-state index contributed by atoms with van der Waals surface area (Å²) in [6, 6.07) is 6.16. The van der Waals surface area contributed by atoms with Gasteiger partial charge in [0.25, 0.3) is 0 Å². The molecule has 3 aromatic rings. The fourth-order valence-electron chi connectivity index (χ4n) is 4.42. The molecular weight excluding hydrogens is 402 g/mol. The Kier molecular flexibility index (Phi) is 4.83. The molecule has 1 atom stereocenters. The predicted octanol–water partition coefficient (Wildman–Crippen LogP) is 4.30. The molecule has 31 heavy (non-hydrogen) atoms. The number of nitrogen functional groups attached to an aromatic ring is 1. The van der Waals surface area contributed by atoms with Crippen LogP contribution in [0.15, 0.2) is 30.5 Å². The Balaban J connectivity index is 1.59. The second-order valence-corrected chi connectivity index (χ2v) is 8.02. The molecule has 2 aliphatic rings. The predicted molar refractivity (Wildman–Crippen MR) is 113 cm³/mol. The van der Waals surface area contributed by atoms with Gasteiger partial charge in [0, 0.05) is 41.4 Å². The first-order valence-corrected chi connectivity index (χ1v) is 10.3. The van der Waals surface area contributed by atoms with E-state index in [1.807, 2.05) is 6.92 Å². The van der Waals surface area contributed by atoms with Gasteiger partial charge in [-0.1, -0.05) is 0 Å². The number of carbonyl (C=O) groups excluding carboxylic acids is 1. The first kappa shape index (κ1) is 19.8. The fraction of sp³-hybridized carbons (Fsp3) is 0.304. The highest BCUT2D eigenvalue weighted by Crippen LogP contribution is 2.37. The lowest BCUT2D eigenvalue weighted by atomic mass is 9.93. The van der Waals surface area contributed by atoms with Crippen molar-refractivity contribution in [2.45, 2.75) is 39.0 Å². The van der Waals surface area contributed by atoms with Gasteiger partial charge in [-0.15, -0.1) is 0 Å². The van der Waals surface area contributed by atoms with Crippen molar-refractivity contribution in [3.05, 3.63) is 64.4 Å². The van der Waals surface area contributed by atoms with Crippen molar-refractivity contribution in [2.24, 2.45) is 0 Å². The Morgan fingerprint density at radius 2 is 2.13 bits per heavy atom. The van der Waals surface area contributed by atoms with Crippen LogP contribution in [0.5, 0.6) is 0 Å². The summed E-state index contributed by atoms with van der Waals surface area (Å²) in [6.07, 6.45) is 4.14. The number of benzene rings is 2. The largest absolute Gasteiger partial charge is 0.398 e. The highest BCUT2D eigenvalue weighted by atomic mass is 19.2. The van der Waals surface area contributed by atoms with Crippen LogP contribution in [-0.2, 0) is 11.3 Å². The van der Waals surface area contributed by atoms with E-state index in [4.69, 9.17) is 10.5 Å². The molecule has 5 rings (SSSR count). The average molecular weight is 424 g/mol. The molecule has 0 aliphatic carbocycles. The Labute approximate surface area is 178 Å². The maximum atomic E-state index is 14.6. The number of halogens is 2. The third-order valence-electron chi connectivity index (χ3n) is 6.03. The van der Waals surface area contributed by atoms with Crippen LogP contribution in [0.2, 0.25) is 0 Å². The number of ether oxygens (including phenoxy) is 1. The Morgan fingerprint density at radius 3 is 2.90 bits per heavy atom. The number of anilines is 2. The minimum absolute atomic E-state index is 0.0183. The molecule has 0 amide bonds. The summed E-state index contributed by atoms with van der Waals surface area (Å²) in [7, 11) is 0. The van der Waals surface area contributed by atoms with Crippen molar-refractivity contribution < 1.29 is 18.3 Å². The van der Waals surface area contributed by atoms with Crippen LogP contribution in [0.3, 0.4) is 0 Å². The van der Waals surface area contributed by atoms with Crippen LogP contribution < -0.4 is 11.2 Å². The van der Waals surface area contributed by atoms with Crippen LogP contribution in [0, 0.1) is 18.6 Å². The van der Waals surface area contributed by atoms with Crippen molar-refractivity contribution in [1.82, 2.24) is 9.99 Å². The van der Waals surface area contributed by atoms with Crippen LogP contribution in [-0.4, -0.2) is 28.6 Å². The van der Waals surface area contributed by atoms with Crippen molar-refractivity contribution in [3.63, 3.8) is 0 Å². The number of fused-ring (bicyclic) bond motifs is 2. The molecule has 3 heterocycles. The Hall–Kier alpha value is -3.10. The number of ketones is 1. The topological polar surface area (TPSA) is 80.5 Å². The minimum atomic E-state index is -1.08. The maximum Gasteiger partial charge on any atom is 0.195 e. The minimum Gasteiger partial charge on any atom is -0.398 e. The molecule has 6 nitrogen and oxygen atoms in total. The summed E-state index contributed by atoms with van der Waals surface area (Å²) in [5.74, 6) is -2.54. The van der Waals surface area contributed by atoms with E-state index in [9.17, 15) is 13.6 Å². The third-order valence-corrected chi connectivity index (χ3v) is 6.03. The number of carbonyl (C=O) groups is 1. The van der Waals surface area contributed by atoms with Gasteiger partial charge < -0.3 is 15.9 Å². The zero-order valence-electron chi connectivity index (χ0n) is 17.0. The van der Waals surface area contributed by atoms with Crippen molar-refractivity contribution >= 4 is 28.1 Å². The number of rotatable bonds is 3. The van der Waals surface area contributed by atoms with Gasteiger partial charge in [0.1, 0.15) is 6.23 Å². The van der Waals surface area contributed by atoms with Gasteiger partial charge in [-0.2, -0.15) is 5.01 Å². The first-order valence-electron chi connectivity index (χ1n) is 10.3. The van der Waals surface area contributed by atoms with E-state index in [0.29, 0.717) is 23.1 Å². The molecule has 0 radical (unpaired) electrons. The highest BCUT2D eigenvalue weighted by Gasteiger charge is 2.34. The van der Waals surface area contributed by atoms with Gasteiger partial charge in [-0.25, -0.2) is 8.78 Å². The van der Waals surface area contributed by atoms with Crippen molar-refractivity contribution in [2.75, 3.05) is 17.8 Å². The second-order valence-electron chi connectivity index (χ2n) is 8.02. The maximum absolute atomic E-state index is 14.6. The average Bonchev–Trinajstić information content (AvgIpc) is 3.25. The van der Waals surface area contributed by atoms with E-state index in [0.717, 1.165) is 30.9 Å². The van der Waals surface area contributed by atoms with Gasteiger partial charge in [0.2, 0.25) is 0 Å². The summed E-state index contributed by atoms with van der Waals surface area (Å²) in [6.45, 7) is 2.68. The van der Waals surface area contributed by atoms with E-state index in [-0.39, 0.29) is 35.3 Å². The smallest absolute Gasteiger partial charge is 0.195 e. The monoisotopic (exact) mass is 424 g/mol. The summed E-state index contributed by atoms with van der Waals surface area (Å²) >= 11 is 0. The first-order chi connectivity index (χ1) is 15.0. The molecular formula is C23H22F2N4O2. The highest BCUT2D eigenvalue weighted by molar-refractivity contribution is 6.17. The fourth-order valence-corrected chi connectivity index (χ4v) is 4.42. The molecule has 1 saturated heterocycles. The van der Waals surface area contributed by atoms with Crippen molar-refractivity contribution in [1.29, 1.82) is 0 Å². The zero-order valence-corrected chi connectivity index (χ0v) is 17.0. The number of nitrogens with two attached hydrogens (primary N) is 1. The normalized spacial score (nSPS) is 18.7. The van der Waals surface area contributed by atoms with Gasteiger partial charge in [-0.3, -0.25) is 9.78 Å². The lowest BCUT2D eigenvalue weighted by molar-refractivity contribution is -0.0756. The summed E-state index contributed by atoms with van der Waals surface area (Å²) < 4.78 is 34.8. The van der Waals surface area contributed by atoms with E-state index in [2.05, 4.69) is 10.4 Å². The number of nitrogens with one attached hydrogen (secondary N) is 1. The summed E-state index contributed by atoms with van der Waals surface area (Å²) in [5, 5.41) is 2.38. The molecule has 0 bridgehead atoms. The molecule has 1 unspecified atom stereocenters. The molecule has 0 saturated carbocycles. The van der Waals surface area contributed by atoms with Crippen LogP contribution >= 0.6 is 0 Å². The van der Waals surface area contributed by atoms with Crippen LogP contribution in [0.25, 0.3) is 10.9 Å². The standard InChI is InChI=1S/C23H22F2N4O2/c1-12-9-15(20(26)13-5-4-7-27-21(12)13)23(30)14-10-17(24)19(25)22-16(14)11-29(28-22)18-6-2-3-8-31-18/h4-5,7,9-10,18,28H,2-3,6,8,11,26H2,1H3. The number of hydrogen-bond acceptors (Lipinski definition) is 6. The number of aromatic nitrogens is 1. The van der Waals surface area contributed by atoms with Gasteiger partial charge >= 0.3 is 0 Å². The molecule has 160 valence electrons. The number of hydrogen-bond donors (Lipinski definition) is 2. The molecule has 1 aromatic heterocycles. The van der Waals surface area contributed by atoms with E-state index >= 15 is 0 Å². The second kappa shape index (κ2) is 7.55. The van der Waals surface area contributed by atoms with Crippen molar-refractivity contribution in [3.8, 4) is 0 Å². The molecule has 1 fully saturated rings.